The van der Waals surface area contributed by atoms with Crippen molar-refractivity contribution in [1.29, 1.82) is 5.26 Å². The first-order valence-electron chi connectivity index (χ1n) is 5.13. The first-order chi connectivity index (χ1) is 7.86. The average Bonchev–Trinajstić information content (AvgIpc) is 3.03. The van der Waals surface area contributed by atoms with Gasteiger partial charge < -0.3 is 14.5 Å². The van der Waals surface area contributed by atoms with Crippen LogP contribution in [-0.2, 0) is 4.74 Å². The molecule has 16 heavy (non-hydrogen) atoms. The topological polar surface area (TPSA) is 61.3 Å². The molecule has 0 radical (unpaired) electrons. The normalized spacial score (nSPS) is 18.3. The predicted octanol–water partition coefficient (Wildman–Crippen LogP) is 1.82. The lowest BCUT2D eigenvalue weighted by Gasteiger charge is -2.04. The summed E-state index contributed by atoms with van der Waals surface area (Å²) in [5.41, 5.74) is 1.47. The molecule has 4 heteroatoms. The maximum atomic E-state index is 8.82. The Morgan fingerprint density at radius 1 is 1.56 bits per heavy atom. The molecule has 1 saturated heterocycles. The van der Waals surface area contributed by atoms with E-state index in [1.54, 1.807) is 6.07 Å². The second kappa shape index (κ2) is 3.54. The van der Waals surface area contributed by atoms with E-state index in [-0.39, 0.29) is 6.10 Å². The van der Waals surface area contributed by atoms with Gasteiger partial charge in [0.25, 0.3) is 0 Å². The molecule has 1 aromatic carbocycles. The van der Waals surface area contributed by atoms with Gasteiger partial charge in [-0.25, -0.2) is 0 Å². The Bertz CT molecular complexity index is 564. The molecule has 3 rings (SSSR count). The van der Waals surface area contributed by atoms with Gasteiger partial charge in [0.1, 0.15) is 30.2 Å². The number of aromatic nitrogens is 1. The highest BCUT2D eigenvalue weighted by Crippen LogP contribution is 2.27. The molecule has 1 atom stereocenters. The molecule has 0 bridgehead atoms. The van der Waals surface area contributed by atoms with E-state index in [1.165, 1.54) is 0 Å². The van der Waals surface area contributed by atoms with Gasteiger partial charge >= 0.3 is 0 Å². The van der Waals surface area contributed by atoms with Crippen LogP contribution in [0.1, 0.15) is 5.69 Å². The van der Waals surface area contributed by atoms with Gasteiger partial charge in [0.2, 0.25) is 0 Å². The molecule has 1 aliphatic rings. The highest BCUT2D eigenvalue weighted by Gasteiger charge is 2.23. The van der Waals surface area contributed by atoms with Gasteiger partial charge in [-0.05, 0) is 18.2 Å². The zero-order valence-electron chi connectivity index (χ0n) is 8.56. The van der Waals surface area contributed by atoms with Gasteiger partial charge in [-0.15, -0.1) is 0 Å². The van der Waals surface area contributed by atoms with Crippen LogP contribution in [0.5, 0.6) is 5.75 Å². The Labute approximate surface area is 92.4 Å². The molecule has 1 N–H and O–H groups in total. The van der Waals surface area contributed by atoms with Crippen molar-refractivity contribution in [3.63, 3.8) is 0 Å². The first-order valence-corrected chi connectivity index (χ1v) is 5.13. The maximum absolute atomic E-state index is 8.82. The third-order valence-electron chi connectivity index (χ3n) is 2.57. The smallest absolute Gasteiger partial charge is 0.128 e. The fourth-order valence-corrected chi connectivity index (χ4v) is 1.66. The molecule has 80 valence electrons. The maximum Gasteiger partial charge on any atom is 0.128 e. The largest absolute Gasteiger partial charge is 0.490 e. The van der Waals surface area contributed by atoms with E-state index in [2.05, 4.69) is 11.1 Å². The summed E-state index contributed by atoms with van der Waals surface area (Å²) in [6, 6.07) is 9.62. The fraction of sp³-hybridized carbons (Fsp3) is 0.250. The Balaban J connectivity index is 1.95. The van der Waals surface area contributed by atoms with Gasteiger partial charge in [0, 0.05) is 5.39 Å². The molecule has 0 spiro atoms. The molecule has 2 heterocycles. The van der Waals surface area contributed by atoms with E-state index in [9.17, 15) is 0 Å². The summed E-state index contributed by atoms with van der Waals surface area (Å²) in [7, 11) is 0. The number of hydrogen-bond donors (Lipinski definition) is 1. The zero-order valence-corrected chi connectivity index (χ0v) is 8.56. The molecule has 0 saturated carbocycles. The highest BCUT2D eigenvalue weighted by molar-refractivity contribution is 5.87. The molecule has 0 aliphatic carbocycles. The van der Waals surface area contributed by atoms with Gasteiger partial charge in [-0.3, -0.25) is 0 Å². The summed E-state index contributed by atoms with van der Waals surface area (Å²) in [6.07, 6.45) is 0.240. The van der Waals surface area contributed by atoms with E-state index >= 15 is 0 Å². The van der Waals surface area contributed by atoms with Gasteiger partial charge in [-0.2, -0.15) is 5.26 Å². The van der Waals surface area contributed by atoms with E-state index in [4.69, 9.17) is 14.7 Å². The lowest BCUT2D eigenvalue weighted by atomic mass is 10.2. The number of rotatable bonds is 3. The van der Waals surface area contributed by atoms with Crippen LogP contribution >= 0.6 is 0 Å². The molecule has 1 aliphatic heterocycles. The lowest BCUT2D eigenvalue weighted by Crippen LogP contribution is -2.03. The summed E-state index contributed by atoms with van der Waals surface area (Å²) in [4.78, 5) is 3.02. The number of benzene rings is 1. The van der Waals surface area contributed by atoms with E-state index < -0.39 is 0 Å². The van der Waals surface area contributed by atoms with Crippen molar-refractivity contribution in [3.05, 3.63) is 30.0 Å². The summed E-state index contributed by atoms with van der Waals surface area (Å²) >= 11 is 0. The van der Waals surface area contributed by atoms with Crippen molar-refractivity contribution < 1.29 is 9.47 Å². The second-order valence-electron chi connectivity index (χ2n) is 3.78. The van der Waals surface area contributed by atoms with Crippen molar-refractivity contribution in [2.75, 3.05) is 13.2 Å². The standard InChI is InChI=1S/C12H10N2O2/c13-5-8-4-10-11(14-8)2-1-3-12(10)16-7-9-6-15-9/h1-4,9,14H,6-7H2/t9-/m0/s1. The second-order valence-corrected chi connectivity index (χ2v) is 3.78. The van der Waals surface area contributed by atoms with Crippen LogP contribution in [0.25, 0.3) is 10.9 Å². The Morgan fingerprint density at radius 3 is 3.19 bits per heavy atom. The van der Waals surface area contributed by atoms with Crippen molar-refractivity contribution >= 4 is 10.9 Å². The molecule has 1 aromatic heterocycles. The first kappa shape index (κ1) is 9.25. The summed E-state index contributed by atoms with van der Waals surface area (Å²) < 4.78 is 10.7. The van der Waals surface area contributed by atoms with Gasteiger partial charge in [0.05, 0.1) is 12.1 Å². The number of ether oxygens (including phenoxy) is 2. The minimum atomic E-state index is 0.240. The van der Waals surface area contributed by atoms with E-state index in [1.807, 2.05) is 18.2 Å². The van der Waals surface area contributed by atoms with Crippen LogP contribution in [-0.4, -0.2) is 24.3 Å². The Morgan fingerprint density at radius 2 is 2.44 bits per heavy atom. The SMILES string of the molecule is N#Cc1cc2c(OC[C@@H]3CO3)cccc2[nH]1. The van der Waals surface area contributed by atoms with E-state index in [0.29, 0.717) is 12.3 Å². The molecule has 4 nitrogen and oxygen atoms in total. The number of nitrogens with zero attached hydrogens (tertiary/aromatic N) is 1. The van der Waals surface area contributed by atoms with Gasteiger partial charge in [0.15, 0.2) is 0 Å². The molecular formula is C12H10N2O2. The molecule has 0 amide bonds. The quantitative estimate of drug-likeness (QED) is 0.792. The predicted molar refractivity (Wildman–Crippen MR) is 58.2 cm³/mol. The number of aromatic amines is 1. The van der Waals surface area contributed by atoms with Crippen LogP contribution < -0.4 is 4.74 Å². The van der Waals surface area contributed by atoms with Crippen molar-refractivity contribution in [2.45, 2.75) is 6.10 Å². The number of epoxide rings is 1. The summed E-state index contributed by atoms with van der Waals surface area (Å²) in [6.45, 7) is 1.36. The third-order valence-corrected chi connectivity index (χ3v) is 2.57. The number of fused-ring (bicyclic) bond motifs is 1. The summed E-state index contributed by atoms with van der Waals surface area (Å²) in [5, 5.41) is 9.76. The van der Waals surface area contributed by atoms with Crippen LogP contribution in [0.3, 0.4) is 0 Å². The third kappa shape index (κ3) is 1.62. The monoisotopic (exact) mass is 214 g/mol. The molecule has 1 fully saturated rings. The van der Waals surface area contributed by atoms with Crippen LogP contribution in [0.4, 0.5) is 0 Å². The molecule has 0 unspecified atom stereocenters. The Kier molecular flexibility index (Phi) is 2.05. The lowest BCUT2D eigenvalue weighted by molar-refractivity contribution is 0.265. The van der Waals surface area contributed by atoms with Gasteiger partial charge in [-0.1, -0.05) is 6.07 Å². The molecule has 2 aromatic rings. The number of hydrogen-bond acceptors (Lipinski definition) is 3. The van der Waals surface area contributed by atoms with Crippen molar-refractivity contribution in [2.24, 2.45) is 0 Å². The minimum absolute atomic E-state index is 0.240. The fourth-order valence-electron chi connectivity index (χ4n) is 1.66. The molecular weight excluding hydrogens is 204 g/mol. The Hall–Kier alpha value is -1.99. The van der Waals surface area contributed by atoms with Crippen LogP contribution in [0, 0.1) is 11.3 Å². The number of H-pyrrole nitrogens is 1. The van der Waals surface area contributed by atoms with Crippen molar-refractivity contribution in [1.82, 2.24) is 4.98 Å². The highest BCUT2D eigenvalue weighted by atomic mass is 16.6. The number of nitriles is 1. The average molecular weight is 214 g/mol. The zero-order chi connectivity index (χ0) is 11.0. The minimum Gasteiger partial charge on any atom is -0.490 e. The van der Waals surface area contributed by atoms with Crippen LogP contribution in [0.2, 0.25) is 0 Å². The van der Waals surface area contributed by atoms with E-state index in [0.717, 1.165) is 23.3 Å². The summed E-state index contributed by atoms with van der Waals surface area (Å²) in [5.74, 6) is 0.797. The van der Waals surface area contributed by atoms with Crippen molar-refractivity contribution in [3.8, 4) is 11.8 Å². The van der Waals surface area contributed by atoms with Crippen LogP contribution in [0.15, 0.2) is 24.3 Å². The number of nitrogens with one attached hydrogen (secondary N) is 1.